The quantitative estimate of drug-likeness (QED) is 0.641. The van der Waals surface area contributed by atoms with Gasteiger partial charge in [0.25, 0.3) is 5.91 Å². The molecule has 0 atom stereocenters. The fourth-order valence-electron chi connectivity index (χ4n) is 2.83. The van der Waals surface area contributed by atoms with Gasteiger partial charge in [-0.25, -0.2) is 4.98 Å². The van der Waals surface area contributed by atoms with Gasteiger partial charge in [0, 0.05) is 18.4 Å². The highest BCUT2D eigenvalue weighted by Gasteiger charge is 2.07. The summed E-state index contributed by atoms with van der Waals surface area (Å²) in [5, 5.41) is 6.23. The molecule has 0 saturated heterocycles. The predicted molar refractivity (Wildman–Crippen MR) is 112 cm³/mol. The number of benzene rings is 2. The third-order valence-corrected chi connectivity index (χ3v) is 4.54. The highest BCUT2D eigenvalue weighted by Crippen LogP contribution is 2.20. The second-order valence-corrected chi connectivity index (χ2v) is 6.73. The van der Waals surface area contributed by atoms with Crippen LogP contribution in [-0.4, -0.2) is 24.5 Å². The number of ether oxygens (including phenoxy) is 1. The summed E-state index contributed by atoms with van der Waals surface area (Å²) in [7, 11) is 1.64. The fourth-order valence-corrected chi connectivity index (χ4v) is 2.83. The zero-order valence-electron chi connectivity index (χ0n) is 16.5. The predicted octanol–water partition coefficient (Wildman–Crippen LogP) is 4.42. The molecule has 144 valence electrons. The molecule has 0 spiro atoms. The first-order valence-corrected chi connectivity index (χ1v) is 9.26. The molecule has 28 heavy (non-hydrogen) atoms. The first-order chi connectivity index (χ1) is 13.5. The molecule has 0 aliphatic heterocycles. The van der Waals surface area contributed by atoms with Crippen molar-refractivity contribution in [3.63, 3.8) is 0 Å². The van der Waals surface area contributed by atoms with E-state index in [1.807, 2.05) is 37.3 Å². The molecule has 3 rings (SSSR count). The molecular formula is C23H25N3O2. The van der Waals surface area contributed by atoms with Crippen LogP contribution in [0, 0.1) is 13.8 Å². The summed E-state index contributed by atoms with van der Waals surface area (Å²) in [5.74, 6) is 1.41. The van der Waals surface area contributed by atoms with Crippen LogP contribution in [-0.2, 0) is 6.42 Å². The van der Waals surface area contributed by atoms with Crippen molar-refractivity contribution < 1.29 is 9.53 Å². The number of rotatable bonds is 7. The highest BCUT2D eigenvalue weighted by atomic mass is 16.5. The number of hydrogen-bond acceptors (Lipinski definition) is 4. The van der Waals surface area contributed by atoms with E-state index in [2.05, 4.69) is 40.7 Å². The second-order valence-electron chi connectivity index (χ2n) is 6.73. The summed E-state index contributed by atoms with van der Waals surface area (Å²) in [6, 6.07) is 17.7. The minimum Gasteiger partial charge on any atom is -0.497 e. The summed E-state index contributed by atoms with van der Waals surface area (Å²) in [6.07, 6.45) is 2.35. The number of methoxy groups -OCH3 is 1. The van der Waals surface area contributed by atoms with Gasteiger partial charge in [0.2, 0.25) is 0 Å². The van der Waals surface area contributed by atoms with Crippen LogP contribution in [0.25, 0.3) is 0 Å². The van der Waals surface area contributed by atoms with Gasteiger partial charge in [-0.2, -0.15) is 0 Å². The van der Waals surface area contributed by atoms with E-state index in [9.17, 15) is 4.79 Å². The Morgan fingerprint density at radius 1 is 1.04 bits per heavy atom. The van der Waals surface area contributed by atoms with E-state index in [-0.39, 0.29) is 5.91 Å². The van der Waals surface area contributed by atoms with Crippen molar-refractivity contribution >= 4 is 17.4 Å². The summed E-state index contributed by atoms with van der Waals surface area (Å²) in [5.41, 5.74) is 5.03. The van der Waals surface area contributed by atoms with Crippen molar-refractivity contribution in [2.24, 2.45) is 0 Å². The second kappa shape index (κ2) is 9.04. The summed E-state index contributed by atoms with van der Waals surface area (Å²) in [4.78, 5) is 16.7. The number of carbonyl (C=O) groups excluding carboxylic acids is 1. The van der Waals surface area contributed by atoms with Gasteiger partial charge in [0.1, 0.15) is 11.6 Å². The Morgan fingerprint density at radius 3 is 2.50 bits per heavy atom. The lowest BCUT2D eigenvalue weighted by Gasteiger charge is -2.10. The van der Waals surface area contributed by atoms with Crippen molar-refractivity contribution in [2.75, 3.05) is 19.0 Å². The molecule has 2 N–H and O–H groups in total. The molecular weight excluding hydrogens is 350 g/mol. The van der Waals surface area contributed by atoms with E-state index in [4.69, 9.17) is 4.74 Å². The van der Waals surface area contributed by atoms with Gasteiger partial charge in [-0.05, 0) is 67.3 Å². The Morgan fingerprint density at radius 2 is 1.82 bits per heavy atom. The SMILES string of the molecule is COc1ccc(CCNC(=O)c2ccc(Nc3cc(C)ccc3C)nc2)cc1. The van der Waals surface area contributed by atoms with Crippen molar-refractivity contribution in [1.29, 1.82) is 0 Å². The zero-order valence-corrected chi connectivity index (χ0v) is 16.5. The molecule has 0 aliphatic rings. The Labute approximate surface area is 165 Å². The van der Waals surface area contributed by atoms with Gasteiger partial charge in [-0.3, -0.25) is 4.79 Å². The van der Waals surface area contributed by atoms with Crippen LogP contribution in [0.4, 0.5) is 11.5 Å². The number of aryl methyl sites for hydroxylation is 2. The smallest absolute Gasteiger partial charge is 0.252 e. The van der Waals surface area contributed by atoms with Crippen LogP contribution in [0.5, 0.6) is 5.75 Å². The van der Waals surface area contributed by atoms with E-state index in [0.29, 0.717) is 17.9 Å². The summed E-state index contributed by atoms with van der Waals surface area (Å²) in [6.45, 7) is 4.66. The molecule has 1 aromatic heterocycles. The standard InChI is InChI=1S/C23H25N3O2/c1-16-4-5-17(2)21(14-16)26-22-11-8-19(15-25-22)23(27)24-13-12-18-6-9-20(28-3)10-7-18/h4-11,14-15H,12-13H2,1-3H3,(H,24,27)(H,25,26). The van der Waals surface area contributed by atoms with Crippen molar-refractivity contribution in [3.8, 4) is 5.75 Å². The van der Waals surface area contributed by atoms with Crippen LogP contribution in [0.1, 0.15) is 27.0 Å². The summed E-state index contributed by atoms with van der Waals surface area (Å²) < 4.78 is 5.15. The zero-order chi connectivity index (χ0) is 19.9. The molecule has 5 heteroatoms. The number of pyridine rings is 1. The van der Waals surface area contributed by atoms with Crippen LogP contribution in [0.15, 0.2) is 60.8 Å². The molecule has 2 aromatic carbocycles. The van der Waals surface area contributed by atoms with E-state index in [0.717, 1.165) is 29.0 Å². The van der Waals surface area contributed by atoms with Gasteiger partial charge in [-0.15, -0.1) is 0 Å². The van der Waals surface area contributed by atoms with E-state index in [1.165, 1.54) is 5.56 Å². The molecule has 5 nitrogen and oxygen atoms in total. The maximum Gasteiger partial charge on any atom is 0.252 e. The average molecular weight is 375 g/mol. The molecule has 0 saturated carbocycles. The fraction of sp³-hybridized carbons (Fsp3) is 0.217. The van der Waals surface area contributed by atoms with Gasteiger partial charge in [0.05, 0.1) is 12.7 Å². The number of nitrogens with zero attached hydrogens (tertiary/aromatic N) is 1. The number of nitrogens with one attached hydrogen (secondary N) is 2. The number of amides is 1. The Balaban J connectivity index is 1.53. The molecule has 0 radical (unpaired) electrons. The molecule has 3 aromatic rings. The lowest BCUT2D eigenvalue weighted by atomic mass is 10.1. The minimum absolute atomic E-state index is 0.126. The average Bonchev–Trinajstić information content (AvgIpc) is 2.71. The number of aromatic nitrogens is 1. The maximum atomic E-state index is 12.3. The normalized spacial score (nSPS) is 10.4. The Hall–Kier alpha value is -3.34. The van der Waals surface area contributed by atoms with Gasteiger partial charge in [0.15, 0.2) is 0 Å². The molecule has 1 amide bonds. The molecule has 0 bridgehead atoms. The van der Waals surface area contributed by atoms with E-state index in [1.54, 1.807) is 19.4 Å². The molecule has 0 unspecified atom stereocenters. The van der Waals surface area contributed by atoms with Crippen LogP contribution in [0.3, 0.4) is 0 Å². The maximum absolute atomic E-state index is 12.3. The first-order valence-electron chi connectivity index (χ1n) is 9.26. The highest BCUT2D eigenvalue weighted by molar-refractivity contribution is 5.94. The third kappa shape index (κ3) is 5.10. The number of carbonyl (C=O) groups is 1. The van der Waals surface area contributed by atoms with Crippen LogP contribution >= 0.6 is 0 Å². The topological polar surface area (TPSA) is 63.2 Å². The summed E-state index contributed by atoms with van der Waals surface area (Å²) >= 11 is 0. The van der Waals surface area contributed by atoms with Crippen molar-refractivity contribution in [2.45, 2.75) is 20.3 Å². The van der Waals surface area contributed by atoms with Gasteiger partial charge in [-0.1, -0.05) is 24.3 Å². The van der Waals surface area contributed by atoms with Crippen LogP contribution in [0.2, 0.25) is 0 Å². The Kier molecular flexibility index (Phi) is 6.27. The van der Waals surface area contributed by atoms with Crippen molar-refractivity contribution in [3.05, 3.63) is 83.0 Å². The largest absolute Gasteiger partial charge is 0.497 e. The minimum atomic E-state index is -0.126. The lowest BCUT2D eigenvalue weighted by Crippen LogP contribution is -2.25. The van der Waals surface area contributed by atoms with Gasteiger partial charge >= 0.3 is 0 Å². The number of hydrogen-bond donors (Lipinski definition) is 2. The van der Waals surface area contributed by atoms with E-state index < -0.39 is 0 Å². The monoisotopic (exact) mass is 375 g/mol. The molecule has 0 fully saturated rings. The number of anilines is 2. The Bertz CT molecular complexity index is 935. The first kappa shape index (κ1) is 19.4. The van der Waals surface area contributed by atoms with E-state index >= 15 is 0 Å². The van der Waals surface area contributed by atoms with Crippen LogP contribution < -0.4 is 15.4 Å². The molecule has 0 aliphatic carbocycles. The van der Waals surface area contributed by atoms with Crippen molar-refractivity contribution in [1.82, 2.24) is 10.3 Å². The lowest BCUT2D eigenvalue weighted by molar-refractivity contribution is 0.0954. The third-order valence-electron chi connectivity index (χ3n) is 4.54. The molecule has 1 heterocycles. The van der Waals surface area contributed by atoms with Gasteiger partial charge < -0.3 is 15.4 Å².